The molecule has 0 spiro atoms. The third-order valence-electron chi connectivity index (χ3n) is 4.01. The quantitative estimate of drug-likeness (QED) is 0.831. The van der Waals surface area contributed by atoms with E-state index in [1.165, 1.54) is 7.11 Å². The second-order valence-electron chi connectivity index (χ2n) is 5.77. The van der Waals surface area contributed by atoms with Crippen LogP contribution in [0.3, 0.4) is 0 Å². The molecule has 7 nitrogen and oxygen atoms in total. The van der Waals surface area contributed by atoms with Crippen molar-refractivity contribution >= 4 is 23.2 Å². The highest BCUT2D eigenvalue weighted by Crippen LogP contribution is 2.30. The fraction of sp³-hybridized carbons (Fsp3) is 0.263. The van der Waals surface area contributed by atoms with Gasteiger partial charge in [0.2, 0.25) is 5.91 Å². The van der Waals surface area contributed by atoms with Gasteiger partial charge in [-0.2, -0.15) is 0 Å². The number of amides is 2. The first-order valence-electron chi connectivity index (χ1n) is 8.16. The number of benzene rings is 2. The van der Waals surface area contributed by atoms with Crippen LogP contribution in [0.2, 0.25) is 0 Å². The van der Waals surface area contributed by atoms with E-state index in [4.69, 9.17) is 14.2 Å². The number of rotatable bonds is 6. The molecule has 7 heteroatoms. The molecule has 0 saturated carbocycles. The first kappa shape index (κ1) is 17.6. The van der Waals surface area contributed by atoms with Gasteiger partial charge in [0.15, 0.2) is 18.1 Å². The number of ether oxygens (including phenoxy) is 3. The maximum absolute atomic E-state index is 12.1. The molecule has 2 amide bonds. The van der Waals surface area contributed by atoms with Crippen LogP contribution >= 0.6 is 0 Å². The van der Waals surface area contributed by atoms with Gasteiger partial charge in [0.05, 0.1) is 14.2 Å². The molecule has 1 aliphatic rings. The normalized spacial score (nSPS) is 12.6. The number of carbonyl (C=O) groups is 2. The van der Waals surface area contributed by atoms with E-state index in [-0.39, 0.29) is 18.4 Å². The summed E-state index contributed by atoms with van der Waals surface area (Å²) < 4.78 is 15.9. The van der Waals surface area contributed by atoms with Gasteiger partial charge in [-0.3, -0.25) is 9.59 Å². The van der Waals surface area contributed by atoms with E-state index in [0.29, 0.717) is 35.8 Å². The fourth-order valence-corrected chi connectivity index (χ4v) is 2.71. The van der Waals surface area contributed by atoms with Crippen molar-refractivity contribution in [2.75, 3.05) is 31.5 Å². The number of methoxy groups -OCH3 is 2. The summed E-state index contributed by atoms with van der Waals surface area (Å²) in [7, 11) is 3.08. The molecular formula is C19H20N2O5. The lowest BCUT2D eigenvalue weighted by Crippen LogP contribution is -2.21. The summed E-state index contributed by atoms with van der Waals surface area (Å²) in [6.07, 6.45) is 1.12. The van der Waals surface area contributed by atoms with Crippen LogP contribution in [0.5, 0.6) is 17.2 Å². The van der Waals surface area contributed by atoms with Crippen LogP contribution < -0.4 is 24.8 Å². The smallest absolute Gasteiger partial charge is 0.262 e. The average molecular weight is 356 g/mol. The molecule has 0 unspecified atom stereocenters. The number of fused-ring (bicyclic) bond motifs is 1. The molecule has 0 aliphatic carbocycles. The topological polar surface area (TPSA) is 85.9 Å². The van der Waals surface area contributed by atoms with Crippen LogP contribution in [0.25, 0.3) is 0 Å². The maximum atomic E-state index is 12.1. The zero-order valence-corrected chi connectivity index (χ0v) is 14.6. The summed E-state index contributed by atoms with van der Waals surface area (Å²) in [5, 5.41) is 5.56. The molecule has 3 rings (SSSR count). The number of hydrogen-bond donors (Lipinski definition) is 2. The Morgan fingerprint density at radius 1 is 1.08 bits per heavy atom. The summed E-state index contributed by atoms with van der Waals surface area (Å²) in [5.74, 6) is 1.43. The number of hydrogen-bond acceptors (Lipinski definition) is 5. The van der Waals surface area contributed by atoms with Crippen molar-refractivity contribution in [3.8, 4) is 17.2 Å². The van der Waals surface area contributed by atoms with E-state index in [1.807, 2.05) is 6.07 Å². The summed E-state index contributed by atoms with van der Waals surface area (Å²) in [6.45, 7) is -0.126. The molecule has 2 aromatic carbocycles. The number of nitrogens with one attached hydrogen (secondary N) is 2. The first-order valence-corrected chi connectivity index (χ1v) is 8.16. The van der Waals surface area contributed by atoms with Gasteiger partial charge in [-0.1, -0.05) is 0 Å². The Bertz CT molecular complexity index is 835. The molecule has 0 saturated heterocycles. The lowest BCUT2D eigenvalue weighted by Gasteiger charge is -2.17. The van der Waals surface area contributed by atoms with Crippen LogP contribution in [0, 0.1) is 0 Å². The Balaban J connectivity index is 1.58. The van der Waals surface area contributed by atoms with Crippen molar-refractivity contribution in [2.24, 2.45) is 0 Å². The third kappa shape index (κ3) is 4.05. The lowest BCUT2D eigenvalue weighted by atomic mass is 10.0. The van der Waals surface area contributed by atoms with Crippen LogP contribution in [-0.2, 0) is 16.0 Å². The van der Waals surface area contributed by atoms with Crippen molar-refractivity contribution in [3.63, 3.8) is 0 Å². The van der Waals surface area contributed by atoms with Crippen molar-refractivity contribution < 1.29 is 23.8 Å². The zero-order chi connectivity index (χ0) is 18.5. The molecular weight excluding hydrogens is 336 g/mol. The van der Waals surface area contributed by atoms with Crippen LogP contribution in [-0.4, -0.2) is 32.6 Å². The Morgan fingerprint density at radius 3 is 2.65 bits per heavy atom. The van der Waals surface area contributed by atoms with E-state index in [1.54, 1.807) is 37.4 Å². The van der Waals surface area contributed by atoms with Gasteiger partial charge < -0.3 is 24.8 Å². The number of aryl methyl sites for hydroxylation is 1. The molecule has 1 heterocycles. The van der Waals surface area contributed by atoms with Gasteiger partial charge in [0, 0.05) is 23.9 Å². The monoisotopic (exact) mass is 356 g/mol. The molecule has 0 bridgehead atoms. The van der Waals surface area contributed by atoms with Gasteiger partial charge in [-0.15, -0.1) is 0 Å². The SMILES string of the molecule is COc1ccc(NC(=O)COc2ccc3c(c2)CCC(=O)N3)cc1OC. The van der Waals surface area contributed by atoms with Gasteiger partial charge in [0.25, 0.3) is 5.91 Å². The highest BCUT2D eigenvalue weighted by Gasteiger charge is 2.15. The summed E-state index contributed by atoms with van der Waals surface area (Å²) in [5.41, 5.74) is 2.38. The van der Waals surface area contributed by atoms with Crippen LogP contribution in [0.1, 0.15) is 12.0 Å². The van der Waals surface area contributed by atoms with Crippen LogP contribution in [0.15, 0.2) is 36.4 Å². The summed E-state index contributed by atoms with van der Waals surface area (Å²) >= 11 is 0. The molecule has 2 N–H and O–H groups in total. The predicted molar refractivity (Wildman–Crippen MR) is 97.1 cm³/mol. The highest BCUT2D eigenvalue weighted by atomic mass is 16.5. The van der Waals surface area contributed by atoms with E-state index in [0.717, 1.165) is 11.3 Å². The molecule has 0 aromatic heterocycles. The largest absolute Gasteiger partial charge is 0.493 e. The van der Waals surface area contributed by atoms with Crippen LogP contribution in [0.4, 0.5) is 11.4 Å². The molecule has 0 atom stereocenters. The Morgan fingerprint density at radius 2 is 1.88 bits per heavy atom. The standard InChI is InChI=1S/C19H20N2O5/c1-24-16-7-4-13(10-17(16)25-2)20-19(23)11-26-14-5-6-15-12(9-14)3-8-18(22)21-15/h4-7,9-10H,3,8,11H2,1-2H3,(H,20,23)(H,21,22). The number of carbonyl (C=O) groups excluding carboxylic acids is 2. The zero-order valence-electron chi connectivity index (χ0n) is 14.6. The molecule has 1 aliphatic heterocycles. The van der Waals surface area contributed by atoms with Gasteiger partial charge >= 0.3 is 0 Å². The predicted octanol–water partition coefficient (Wildman–Crippen LogP) is 2.61. The Hall–Kier alpha value is -3.22. The highest BCUT2D eigenvalue weighted by molar-refractivity contribution is 5.94. The second-order valence-corrected chi connectivity index (χ2v) is 5.77. The minimum absolute atomic E-state index is 0.0143. The van der Waals surface area contributed by atoms with Gasteiger partial charge in [0.1, 0.15) is 5.75 Å². The fourth-order valence-electron chi connectivity index (χ4n) is 2.71. The van der Waals surface area contributed by atoms with Crippen molar-refractivity contribution in [1.82, 2.24) is 0 Å². The van der Waals surface area contributed by atoms with E-state index in [9.17, 15) is 9.59 Å². The maximum Gasteiger partial charge on any atom is 0.262 e. The van der Waals surface area contributed by atoms with Gasteiger partial charge in [-0.05, 0) is 42.3 Å². The lowest BCUT2D eigenvalue weighted by molar-refractivity contribution is -0.118. The molecule has 0 fully saturated rings. The van der Waals surface area contributed by atoms with E-state index < -0.39 is 0 Å². The Kier molecular flexibility index (Phi) is 5.26. The summed E-state index contributed by atoms with van der Waals surface area (Å²) in [6, 6.07) is 10.5. The summed E-state index contributed by atoms with van der Waals surface area (Å²) in [4.78, 5) is 23.5. The molecule has 136 valence electrons. The minimum atomic E-state index is -0.289. The molecule has 26 heavy (non-hydrogen) atoms. The molecule has 0 radical (unpaired) electrons. The third-order valence-corrected chi connectivity index (χ3v) is 4.01. The first-order chi connectivity index (χ1) is 12.6. The van der Waals surface area contributed by atoms with E-state index in [2.05, 4.69) is 10.6 Å². The second kappa shape index (κ2) is 7.77. The van der Waals surface area contributed by atoms with E-state index >= 15 is 0 Å². The Labute approximate surface area is 151 Å². The minimum Gasteiger partial charge on any atom is -0.493 e. The molecule has 2 aromatic rings. The van der Waals surface area contributed by atoms with Crippen molar-refractivity contribution in [1.29, 1.82) is 0 Å². The van der Waals surface area contributed by atoms with Crippen molar-refractivity contribution in [3.05, 3.63) is 42.0 Å². The van der Waals surface area contributed by atoms with Gasteiger partial charge in [-0.25, -0.2) is 0 Å². The van der Waals surface area contributed by atoms with Crippen molar-refractivity contribution in [2.45, 2.75) is 12.8 Å². The number of anilines is 2. The average Bonchev–Trinajstić information content (AvgIpc) is 2.66.